The van der Waals surface area contributed by atoms with Crippen molar-refractivity contribution in [3.05, 3.63) is 53.8 Å². The molecule has 0 radical (unpaired) electrons. The molecule has 2 aliphatic heterocycles. The zero-order chi connectivity index (χ0) is 26.7. The number of rotatable bonds is 2. The summed E-state index contributed by atoms with van der Waals surface area (Å²) in [4.78, 5) is 6.22. The molecule has 3 fully saturated rings. The third-order valence-electron chi connectivity index (χ3n) is 11.0. The average Bonchev–Trinajstić information content (AvgIpc) is 3.43. The number of nitriles is 1. The van der Waals surface area contributed by atoms with Crippen molar-refractivity contribution in [2.45, 2.75) is 74.9 Å². The van der Waals surface area contributed by atoms with Crippen LogP contribution in [0.25, 0.3) is 16.3 Å². The van der Waals surface area contributed by atoms with Crippen LogP contribution < -0.4 is 5.73 Å². The van der Waals surface area contributed by atoms with Crippen molar-refractivity contribution < 1.29 is 14.9 Å². The summed E-state index contributed by atoms with van der Waals surface area (Å²) >= 11 is 0. The Bertz CT molecular complexity index is 1460. The lowest BCUT2D eigenvalue weighted by Gasteiger charge is -2.61. The number of ether oxygens (including phenoxy) is 1. The highest BCUT2D eigenvalue weighted by atomic mass is 16.5. The molecule has 1 aromatic heterocycles. The summed E-state index contributed by atoms with van der Waals surface area (Å²) in [7, 11) is 3.88. The molecule has 2 saturated carbocycles. The molecule has 8 unspecified atom stereocenters. The van der Waals surface area contributed by atoms with Gasteiger partial charge in [-0.1, -0.05) is 31.2 Å². The van der Waals surface area contributed by atoms with E-state index < -0.39 is 28.8 Å². The van der Waals surface area contributed by atoms with Crippen molar-refractivity contribution >= 4 is 22.2 Å². The largest absolute Gasteiger partial charge is 0.388 e. The number of fused-ring (bicyclic) bond motifs is 2. The number of nitrogens with zero attached hydrogens (tertiary/aromatic N) is 3. The second-order valence-corrected chi connectivity index (χ2v) is 12.8. The summed E-state index contributed by atoms with van der Waals surface area (Å²) in [6, 6.07) is 10.9. The molecule has 7 rings (SSSR count). The van der Waals surface area contributed by atoms with Crippen molar-refractivity contribution in [1.29, 1.82) is 5.26 Å². The van der Waals surface area contributed by atoms with Crippen LogP contribution in [-0.2, 0) is 4.74 Å². The maximum absolute atomic E-state index is 11.3. The van der Waals surface area contributed by atoms with Gasteiger partial charge in [-0.25, -0.2) is 4.98 Å². The smallest absolute Gasteiger partial charge is 0.131 e. The van der Waals surface area contributed by atoms with E-state index in [-0.39, 0.29) is 17.4 Å². The molecule has 5 aliphatic rings. The minimum Gasteiger partial charge on any atom is -0.388 e. The second-order valence-electron chi connectivity index (χ2n) is 12.8. The standard InChI is InChI=1S/C31H36N4O3/c1-28-9-10-29(17-32)15-22-25(36)26(37)23(35(2)3)16-30(22)11-12-31(29,38-30)24(28)7-6-21(28)19-4-5-20-18(14-19)8-13-34-27(20)33/h4-6,8,13-15,23-26,36-37H,7,9-12,16H2,1-3H3,(H2,33,34). The van der Waals surface area contributed by atoms with Crippen LogP contribution >= 0.6 is 0 Å². The predicted molar refractivity (Wildman–Crippen MR) is 146 cm³/mol. The Morgan fingerprint density at radius 3 is 2.74 bits per heavy atom. The Morgan fingerprint density at radius 2 is 1.97 bits per heavy atom. The molecule has 8 atom stereocenters. The predicted octanol–water partition coefficient (Wildman–Crippen LogP) is 3.81. The molecule has 3 aliphatic carbocycles. The molecule has 198 valence electrons. The number of likely N-dealkylation sites (N-methyl/N-ethyl adjacent to an activating group) is 1. The first-order valence-electron chi connectivity index (χ1n) is 13.8. The first-order valence-corrected chi connectivity index (χ1v) is 13.8. The molecule has 0 amide bonds. The normalized spacial score (nSPS) is 43.2. The summed E-state index contributed by atoms with van der Waals surface area (Å²) in [5.74, 6) is 0.690. The van der Waals surface area contributed by atoms with Gasteiger partial charge < -0.3 is 25.6 Å². The van der Waals surface area contributed by atoms with Crippen molar-refractivity contribution in [2.75, 3.05) is 19.8 Å². The third-order valence-corrected chi connectivity index (χ3v) is 11.0. The molecule has 2 bridgehead atoms. The molecule has 2 aromatic rings. The Hall–Kier alpha value is -2.76. The number of allylic oxidation sites excluding steroid dienone is 2. The molecule has 1 saturated heterocycles. The number of benzene rings is 1. The SMILES string of the molecule is CN(C)C1CC23CCC4(O2)C2CC=C(c5ccc6c(N)nccc6c5)C2(C)CCC4(C#N)C=C3C(O)C1O. The third kappa shape index (κ3) is 2.79. The van der Waals surface area contributed by atoms with Crippen LogP contribution in [0.1, 0.15) is 51.0 Å². The van der Waals surface area contributed by atoms with Gasteiger partial charge in [0.1, 0.15) is 17.3 Å². The van der Waals surface area contributed by atoms with E-state index >= 15 is 0 Å². The molecular formula is C31H36N4O3. The van der Waals surface area contributed by atoms with Gasteiger partial charge in [0.15, 0.2) is 0 Å². The quantitative estimate of drug-likeness (QED) is 0.524. The monoisotopic (exact) mass is 512 g/mol. The lowest BCUT2D eigenvalue weighted by atomic mass is 9.49. The number of anilines is 1. The second kappa shape index (κ2) is 7.67. The molecule has 38 heavy (non-hydrogen) atoms. The van der Waals surface area contributed by atoms with Crippen LogP contribution in [0.2, 0.25) is 0 Å². The number of aliphatic hydroxyl groups is 2. The maximum atomic E-state index is 11.3. The van der Waals surface area contributed by atoms with E-state index in [4.69, 9.17) is 10.5 Å². The Balaban J connectivity index is 1.32. The van der Waals surface area contributed by atoms with E-state index in [1.54, 1.807) is 6.20 Å². The first-order chi connectivity index (χ1) is 18.1. The highest BCUT2D eigenvalue weighted by Gasteiger charge is 2.74. The highest BCUT2D eigenvalue weighted by Crippen LogP contribution is 2.72. The Kier molecular flexibility index (Phi) is 4.90. The minimum absolute atomic E-state index is 0.142. The zero-order valence-electron chi connectivity index (χ0n) is 22.3. The molecule has 7 nitrogen and oxygen atoms in total. The molecule has 1 aromatic carbocycles. The van der Waals surface area contributed by atoms with Crippen LogP contribution in [0.5, 0.6) is 0 Å². The van der Waals surface area contributed by atoms with E-state index in [0.717, 1.165) is 42.0 Å². The van der Waals surface area contributed by atoms with E-state index in [1.807, 2.05) is 31.1 Å². The fraction of sp³-hybridized carbons (Fsp3) is 0.548. The van der Waals surface area contributed by atoms with Crippen LogP contribution in [0.4, 0.5) is 5.82 Å². The highest BCUT2D eigenvalue weighted by molar-refractivity contribution is 5.93. The lowest BCUT2D eigenvalue weighted by Crippen LogP contribution is -2.66. The lowest BCUT2D eigenvalue weighted by molar-refractivity contribution is -0.223. The fourth-order valence-corrected chi connectivity index (χ4v) is 9.06. The van der Waals surface area contributed by atoms with Gasteiger partial charge >= 0.3 is 0 Å². The van der Waals surface area contributed by atoms with Gasteiger partial charge in [-0.2, -0.15) is 5.26 Å². The zero-order valence-corrected chi connectivity index (χ0v) is 22.3. The first kappa shape index (κ1) is 24.3. The van der Waals surface area contributed by atoms with E-state index in [1.165, 1.54) is 11.1 Å². The van der Waals surface area contributed by atoms with E-state index in [2.05, 4.69) is 42.3 Å². The van der Waals surface area contributed by atoms with Gasteiger partial charge in [0, 0.05) is 23.5 Å². The topological polar surface area (TPSA) is 116 Å². The number of hydrogen-bond acceptors (Lipinski definition) is 7. The number of aliphatic hydroxyl groups excluding tert-OH is 2. The van der Waals surface area contributed by atoms with Crippen molar-refractivity contribution in [2.24, 2.45) is 16.7 Å². The summed E-state index contributed by atoms with van der Waals surface area (Å²) in [5.41, 5.74) is 7.15. The number of aromatic nitrogens is 1. The van der Waals surface area contributed by atoms with Crippen LogP contribution in [0.3, 0.4) is 0 Å². The van der Waals surface area contributed by atoms with Gasteiger partial charge in [0.2, 0.25) is 0 Å². The van der Waals surface area contributed by atoms with Crippen LogP contribution in [0.15, 0.2) is 48.2 Å². The Labute approximate surface area is 223 Å². The van der Waals surface area contributed by atoms with Crippen LogP contribution in [-0.4, -0.2) is 63.6 Å². The summed E-state index contributed by atoms with van der Waals surface area (Å²) in [6.07, 6.45) is 8.79. The molecule has 2 spiro atoms. The summed E-state index contributed by atoms with van der Waals surface area (Å²) < 4.78 is 7.28. The summed E-state index contributed by atoms with van der Waals surface area (Å²) in [5, 5.41) is 35.0. The average molecular weight is 513 g/mol. The van der Waals surface area contributed by atoms with Crippen molar-refractivity contribution in [3.8, 4) is 6.07 Å². The fourth-order valence-electron chi connectivity index (χ4n) is 9.06. The molecule has 4 N–H and O–H groups in total. The van der Waals surface area contributed by atoms with Gasteiger partial charge in [-0.15, -0.1) is 0 Å². The number of nitrogen functional groups attached to an aromatic ring is 1. The number of nitrogens with two attached hydrogens (primary N) is 1. The maximum Gasteiger partial charge on any atom is 0.131 e. The van der Waals surface area contributed by atoms with Crippen LogP contribution in [0, 0.1) is 28.1 Å². The molecular weight excluding hydrogens is 476 g/mol. The molecule has 7 heteroatoms. The van der Waals surface area contributed by atoms with Crippen molar-refractivity contribution in [1.82, 2.24) is 9.88 Å². The van der Waals surface area contributed by atoms with E-state index in [9.17, 15) is 15.5 Å². The van der Waals surface area contributed by atoms with Gasteiger partial charge in [0.05, 0.1) is 23.4 Å². The van der Waals surface area contributed by atoms with E-state index in [0.29, 0.717) is 18.7 Å². The van der Waals surface area contributed by atoms with Gasteiger partial charge in [0.25, 0.3) is 0 Å². The van der Waals surface area contributed by atoms with Crippen molar-refractivity contribution in [3.63, 3.8) is 0 Å². The number of pyridine rings is 1. The Morgan fingerprint density at radius 1 is 1.16 bits per heavy atom. The minimum atomic E-state index is -1.03. The van der Waals surface area contributed by atoms with Gasteiger partial charge in [-0.05, 0) is 92.3 Å². The number of hydrogen-bond donors (Lipinski definition) is 3. The summed E-state index contributed by atoms with van der Waals surface area (Å²) in [6.45, 7) is 2.35. The van der Waals surface area contributed by atoms with Gasteiger partial charge in [-0.3, -0.25) is 0 Å². The molecule has 3 heterocycles.